The summed E-state index contributed by atoms with van der Waals surface area (Å²) in [6, 6.07) is 7.25. The fourth-order valence-corrected chi connectivity index (χ4v) is 3.47. The first-order chi connectivity index (χ1) is 12.1. The van der Waals surface area contributed by atoms with Gasteiger partial charge in [-0.15, -0.1) is 0 Å². The second-order valence-corrected chi connectivity index (χ2v) is 6.51. The van der Waals surface area contributed by atoms with E-state index >= 15 is 0 Å². The van der Waals surface area contributed by atoms with Crippen molar-refractivity contribution in [2.24, 2.45) is 0 Å². The van der Waals surface area contributed by atoms with E-state index in [1.165, 1.54) is 7.11 Å². The summed E-state index contributed by atoms with van der Waals surface area (Å²) in [6.07, 6.45) is 2.92. The summed E-state index contributed by atoms with van der Waals surface area (Å²) in [4.78, 5) is 28.8. The molecule has 1 amide bonds. The Balaban J connectivity index is 1.95. The summed E-state index contributed by atoms with van der Waals surface area (Å²) < 4.78 is 4.72. The van der Waals surface area contributed by atoms with Crippen molar-refractivity contribution >= 4 is 11.9 Å². The van der Waals surface area contributed by atoms with Gasteiger partial charge in [0.2, 0.25) is 5.91 Å². The highest BCUT2D eigenvalue weighted by molar-refractivity contribution is 5.90. The molecule has 0 N–H and O–H groups in total. The second kappa shape index (κ2) is 9.56. The maximum absolute atomic E-state index is 12.8. The molecule has 0 spiro atoms. The van der Waals surface area contributed by atoms with Gasteiger partial charge in [0.05, 0.1) is 18.6 Å². The molecule has 5 heteroatoms. The van der Waals surface area contributed by atoms with Crippen molar-refractivity contribution in [3.05, 3.63) is 35.4 Å². The lowest BCUT2D eigenvalue weighted by molar-refractivity contribution is -0.135. The number of esters is 1. The van der Waals surface area contributed by atoms with E-state index in [0.29, 0.717) is 5.56 Å². The number of methoxy groups -OCH3 is 1. The molecule has 1 aromatic carbocycles. The predicted molar refractivity (Wildman–Crippen MR) is 98.7 cm³/mol. The third-order valence-electron chi connectivity index (χ3n) is 5.06. The second-order valence-electron chi connectivity index (χ2n) is 6.51. The van der Waals surface area contributed by atoms with Crippen molar-refractivity contribution in [2.75, 3.05) is 39.8 Å². The van der Waals surface area contributed by atoms with Crippen molar-refractivity contribution in [2.45, 2.75) is 39.0 Å². The summed E-state index contributed by atoms with van der Waals surface area (Å²) in [7, 11) is 1.37. The maximum atomic E-state index is 12.8. The normalized spacial score (nSPS) is 17.8. The molecule has 1 fully saturated rings. The van der Waals surface area contributed by atoms with Gasteiger partial charge in [-0.1, -0.05) is 26.0 Å². The Bertz CT molecular complexity index is 567. The zero-order valence-electron chi connectivity index (χ0n) is 15.7. The number of rotatable bonds is 8. The molecule has 1 aliphatic rings. The Labute approximate surface area is 150 Å². The largest absolute Gasteiger partial charge is 0.465 e. The molecule has 25 heavy (non-hydrogen) atoms. The van der Waals surface area contributed by atoms with Crippen LogP contribution in [0.5, 0.6) is 0 Å². The summed E-state index contributed by atoms with van der Waals surface area (Å²) in [6.45, 7) is 9.17. The van der Waals surface area contributed by atoms with Crippen LogP contribution >= 0.6 is 0 Å². The third kappa shape index (κ3) is 5.05. The van der Waals surface area contributed by atoms with Crippen LogP contribution in [-0.4, -0.2) is 61.5 Å². The highest BCUT2D eigenvalue weighted by atomic mass is 16.5. The van der Waals surface area contributed by atoms with Crippen molar-refractivity contribution < 1.29 is 14.3 Å². The lowest BCUT2D eigenvalue weighted by Gasteiger charge is -2.33. The molecule has 1 aromatic rings. The standard InChI is InChI=1S/C20H30N2O3/c1-4-21(5-2)13-7-15-22-14-6-8-18(19(22)23)16-9-11-17(12-10-16)20(24)25-3/h9-12,18H,4-8,13-15H2,1-3H3. The van der Waals surface area contributed by atoms with Crippen LogP contribution in [-0.2, 0) is 9.53 Å². The molecule has 1 unspecified atom stereocenters. The zero-order valence-corrected chi connectivity index (χ0v) is 15.7. The summed E-state index contributed by atoms with van der Waals surface area (Å²) in [5, 5.41) is 0. The van der Waals surface area contributed by atoms with Gasteiger partial charge >= 0.3 is 5.97 Å². The van der Waals surface area contributed by atoms with Gasteiger partial charge in [-0.3, -0.25) is 4.79 Å². The Hall–Kier alpha value is -1.88. The molecular formula is C20H30N2O3. The van der Waals surface area contributed by atoms with Crippen LogP contribution in [0.2, 0.25) is 0 Å². The number of benzene rings is 1. The monoisotopic (exact) mass is 346 g/mol. The number of piperidine rings is 1. The number of hydrogen-bond acceptors (Lipinski definition) is 4. The van der Waals surface area contributed by atoms with E-state index in [0.717, 1.165) is 57.5 Å². The summed E-state index contributed by atoms with van der Waals surface area (Å²) in [5.41, 5.74) is 1.51. The maximum Gasteiger partial charge on any atom is 0.337 e. The molecule has 0 saturated carbocycles. The fourth-order valence-electron chi connectivity index (χ4n) is 3.47. The number of hydrogen-bond donors (Lipinski definition) is 0. The minimum Gasteiger partial charge on any atom is -0.465 e. The van der Waals surface area contributed by atoms with Crippen molar-refractivity contribution in [1.82, 2.24) is 9.80 Å². The van der Waals surface area contributed by atoms with E-state index in [1.54, 1.807) is 12.1 Å². The van der Waals surface area contributed by atoms with Gasteiger partial charge in [0.15, 0.2) is 0 Å². The van der Waals surface area contributed by atoms with Gasteiger partial charge in [-0.2, -0.15) is 0 Å². The Morgan fingerprint density at radius 3 is 2.52 bits per heavy atom. The number of carbonyl (C=O) groups is 2. The van der Waals surface area contributed by atoms with E-state index in [2.05, 4.69) is 18.7 Å². The quantitative estimate of drug-likeness (QED) is 0.679. The van der Waals surface area contributed by atoms with Crippen LogP contribution < -0.4 is 0 Å². The zero-order chi connectivity index (χ0) is 18.2. The number of ether oxygens (including phenoxy) is 1. The van der Waals surface area contributed by atoms with Crippen molar-refractivity contribution in [3.8, 4) is 0 Å². The van der Waals surface area contributed by atoms with Gasteiger partial charge in [0.1, 0.15) is 0 Å². The van der Waals surface area contributed by atoms with E-state index in [-0.39, 0.29) is 17.8 Å². The molecule has 2 rings (SSSR count). The van der Waals surface area contributed by atoms with Crippen molar-refractivity contribution in [3.63, 3.8) is 0 Å². The SMILES string of the molecule is CCN(CC)CCCN1CCCC(c2ccc(C(=O)OC)cc2)C1=O. The molecule has 1 heterocycles. The Morgan fingerprint density at radius 2 is 1.92 bits per heavy atom. The topological polar surface area (TPSA) is 49.9 Å². The third-order valence-corrected chi connectivity index (χ3v) is 5.06. The van der Waals surface area contributed by atoms with E-state index < -0.39 is 0 Å². The number of nitrogens with zero attached hydrogens (tertiary/aromatic N) is 2. The molecule has 1 saturated heterocycles. The lowest BCUT2D eigenvalue weighted by atomic mass is 9.89. The van der Waals surface area contributed by atoms with Crippen LogP contribution in [0.15, 0.2) is 24.3 Å². The molecule has 0 radical (unpaired) electrons. The molecule has 5 nitrogen and oxygen atoms in total. The summed E-state index contributed by atoms with van der Waals surface area (Å²) >= 11 is 0. The minimum absolute atomic E-state index is 0.0890. The molecule has 138 valence electrons. The fraction of sp³-hybridized carbons (Fsp3) is 0.600. The molecular weight excluding hydrogens is 316 g/mol. The van der Waals surface area contributed by atoms with Crippen LogP contribution in [0.1, 0.15) is 54.9 Å². The van der Waals surface area contributed by atoms with Crippen LogP contribution in [0.4, 0.5) is 0 Å². The van der Waals surface area contributed by atoms with Crippen molar-refractivity contribution in [1.29, 1.82) is 0 Å². The highest BCUT2D eigenvalue weighted by Crippen LogP contribution is 2.28. The van der Waals surface area contributed by atoms with Gasteiger partial charge < -0.3 is 14.5 Å². The average molecular weight is 346 g/mol. The first kappa shape index (κ1) is 19.4. The summed E-state index contributed by atoms with van der Waals surface area (Å²) in [5.74, 6) is -0.218. The van der Waals surface area contributed by atoms with Crippen LogP contribution in [0, 0.1) is 0 Å². The lowest BCUT2D eigenvalue weighted by Crippen LogP contribution is -2.41. The van der Waals surface area contributed by atoms with E-state index in [9.17, 15) is 9.59 Å². The molecule has 0 aromatic heterocycles. The van der Waals surface area contributed by atoms with E-state index in [1.807, 2.05) is 17.0 Å². The van der Waals surface area contributed by atoms with Gasteiger partial charge in [0, 0.05) is 13.1 Å². The van der Waals surface area contributed by atoms with Gasteiger partial charge in [-0.05, 0) is 56.6 Å². The van der Waals surface area contributed by atoms with Gasteiger partial charge in [0.25, 0.3) is 0 Å². The van der Waals surface area contributed by atoms with E-state index in [4.69, 9.17) is 4.74 Å². The Morgan fingerprint density at radius 1 is 1.24 bits per heavy atom. The Kier molecular flexibility index (Phi) is 7.44. The minimum atomic E-state index is -0.348. The first-order valence-corrected chi connectivity index (χ1v) is 9.30. The number of amides is 1. The smallest absolute Gasteiger partial charge is 0.337 e. The molecule has 0 bridgehead atoms. The average Bonchev–Trinajstić information content (AvgIpc) is 2.66. The molecule has 1 aliphatic heterocycles. The highest BCUT2D eigenvalue weighted by Gasteiger charge is 2.29. The van der Waals surface area contributed by atoms with Crippen LogP contribution in [0.3, 0.4) is 0 Å². The molecule has 1 atom stereocenters. The van der Waals surface area contributed by atoms with Gasteiger partial charge in [-0.25, -0.2) is 4.79 Å². The predicted octanol–water partition coefficient (Wildman–Crippen LogP) is 2.91. The molecule has 0 aliphatic carbocycles. The number of likely N-dealkylation sites (tertiary alicyclic amines) is 1. The van der Waals surface area contributed by atoms with Crippen LogP contribution in [0.25, 0.3) is 0 Å². The first-order valence-electron chi connectivity index (χ1n) is 9.30. The number of carbonyl (C=O) groups excluding carboxylic acids is 2.